The SMILES string of the molecule is CCOCCCO[C@@H](c1cccc(Cl)c1)[C@@H]1CCCN(C(=O)NC(CNC)CC2CCCCC2)C1. The first-order valence-corrected chi connectivity index (χ1v) is 14.1. The Labute approximate surface area is 217 Å². The number of amides is 2. The second kappa shape index (κ2) is 15.7. The van der Waals surface area contributed by atoms with Crippen molar-refractivity contribution in [3.63, 3.8) is 0 Å². The number of carbonyl (C=O) groups is 1. The van der Waals surface area contributed by atoms with E-state index in [0.29, 0.717) is 24.8 Å². The zero-order valence-corrected chi connectivity index (χ0v) is 22.5. The van der Waals surface area contributed by atoms with Crippen LogP contribution in [0.25, 0.3) is 0 Å². The molecule has 0 spiro atoms. The van der Waals surface area contributed by atoms with Gasteiger partial charge in [-0.1, -0.05) is 55.8 Å². The lowest BCUT2D eigenvalue weighted by Gasteiger charge is -2.38. The highest BCUT2D eigenvalue weighted by molar-refractivity contribution is 6.30. The number of benzene rings is 1. The molecule has 1 saturated heterocycles. The molecule has 7 heteroatoms. The maximum Gasteiger partial charge on any atom is 0.317 e. The number of hydrogen-bond donors (Lipinski definition) is 2. The van der Waals surface area contributed by atoms with Gasteiger partial charge in [-0.05, 0) is 63.3 Å². The molecular weight excluding hydrogens is 462 g/mol. The highest BCUT2D eigenvalue weighted by Gasteiger charge is 2.32. The highest BCUT2D eigenvalue weighted by atomic mass is 35.5. The number of hydrogen-bond acceptors (Lipinski definition) is 4. The number of nitrogens with zero attached hydrogens (tertiary/aromatic N) is 1. The van der Waals surface area contributed by atoms with Crippen LogP contribution in [0.2, 0.25) is 5.02 Å². The van der Waals surface area contributed by atoms with E-state index in [1.165, 1.54) is 32.1 Å². The fraction of sp³-hybridized carbons (Fsp3) is 0.750. The number of likely N-dealkylation sites (N-methyl/N-ethyl adjacent to an activating group) is 1. The topological polar surface area (TPSA) is 62.8 Å². The van der Waals surface area contributed by atoms with Crippen molar-refractivity contribution in [1.29, 1.82) is 0 Å². The zero-order valence-electron chi connectivity index (χ0n) is 21.8. The van der Waals surface area contributed by atoms with Gasteiger partial charge in [0.2, 0.25) is 0 Å². The molecule has 0 radical (unpaired) electrons. The van der Waals surface area contributed by atoms with Gasteiger partial charge in [-0.25, -0.2) is 4.79 Å². The summed E-state index contributed by atoms with van der Waals surface area (Å²) in [6.07, 6.45) is 10.5. The van der Waals surface area contributed by atoms with E-state index in [2.05, 4.69) is 16.7 Å². The lowest BCUT2D eigenvalue weighted by atomic mass is 9.85. The summed E-state index contributed by atoms with van der Waals surface area (Å²) in [6.45, 7) is 6.37. The molecule has 6 nitrogen and oxygen atoms in total. The average Bonchev–Trinajstić information content (AvgIpc) is 2.87. The molecule has 1 aliphatic carbocycles. The Kier molecular flexibility index (Phi) is 12.7. The monoisotopic (exact) mass is 507 g/mol. The highest BCUT2D eigenvalue weighted by Crippen LogP contribution is 2.34. The molecule has 1 aromatic carbocycles. The molecule has 1 aromatic rings. The number of rotatable bonds is 13. The number of nitrogens with one attached hydrogen (secondary N) is 2. The minimum absolute atomic E-state index is 0.0620. The second-order valence-corrected chi connectivity index (χ2v) is 10.6. The molecule has 1 unspecified atom stereocenters. The predicted molar refractivity (Wildman–Crippen MR) is 143 cm³/mol. The molecule has 0 aromatic heterocycles. The van der Waals surface area contributed by atoms with Crippen LogP contribution in [0.1, 0.15) is 76.4 Å². The number of ether oxygens (including phenoxy) is 2. The van der Waals surface area contributed by atoms with E-state index in [9.17, 15) is 4.79 Å². The zero-order chi connectivity index (χ0) is 24.9. The number of likely N-dealkylation sites (tertiary alicyclic amines) is 1. The number of halogens is 1. The van der Waals surface area contributed by atoms with E-state index < -0.39 is 0 Å². The Morgan fingerprint density at radius 1 is 1.17 bits per heavy atom. The van der Waals surface area contributed by atoms with Gasteiger partial charge in [-0.2, -0.15) is 0 Å². The van der Waals surface area contributed by atoms with E-state index in [-0.39, 0.29) is 24.1 Å². The molecule has 1 saturated carbocycles. The number of carbonyl (C=O) groups excluding carboxylic acids is 1. The summed E-state index contributed by atoms with van der Waals surface area (Å²) in [4.78, 5) is 15.3. The van der Waals surface area contributed by atoms with Gasteiger partial charge in [0.15, 0.2) is 0 Å². The smallest absolute Gasteiger partial charge is 0.317 e. The molecule has 3 atom stereocenters. The molecule has 2 fully saturated rings. The molecule has 1 heterocycles. The molecule has 2 amide bonds. The average molecular weight is 508 g/mol. The summed E-state index contributed by atoms with van der Waals surface area (Å²) in [7, 11) is 1.97. The van der Waals surface area contributed by atoms with Crippen LogP contribution in [0.5, 0.6) is 0 Å². The van der Waals surface area contributed by atoms with Gasteiger partial charge in [-0.15, -0.1) is 0 Å². The third-order valence-corrected chi connectivity index (χ3v) is 7.64. The normalized spacial score (nSPS) is 21.0. The van der Waals surface area contributed by atoms with Crippen LogP contribution >= 0.6 is 11.6 Å². The molecule has 0 bridgehead atoms. The third-order valence-electron chi connectivity index (χ3n) is 7.41. The summed E-state index contributed by atoms with van der Waals surface area (Å²) < 4.78 is 11.9. The summed E-state index contributed by atoms with van der Waals surface area (Å²) >= 11 is 6.32. The van der Waals surface area contributed by atoms with Crippen LogP contribution in [0, 0.1) is 11.8 Å². The Balaban J connectivity index is 1.61. The van der Waals surface area contributed by atoms with Crippen molar-refractivity contribution in [2.45, 2.75) is 76.9 Å². The fourth-order valence-electron chi connectivity index (χ4n) is 5.68. The molecular formula is C28H46ClN3O3. The van der Waals surface area contributed by atoms with Crippen LogP contribution in [0.15, 0.2) is 24.3 Å². The van der Waals surface area contributed by atoms with Crippen LogP contribution in [0.4, 0.5) is 4.79 Å². The Bertz CT molecular complexity index is 744. The lowest BCUT2D eigenvalue weighted by Crippen LogP contribution is -2.52. The first kappa shape index (κ1) is 28.2. The maximum absolute atomic E-state index is 13.3. The lowest BCUT2D eigenvalue weighted by molar-refractivity contribution is -0.0184. The summed E-state index contributed by atoms with van der Waals surface area (Å²) in [5.41, 5.74) is 1.09. The van der Waals surface area contributed by atoms with Gasteiger partial charge < -0.3 is 25.0 Å². The Morgan fingerprint density at radius 3 is 2.74 bits per heavy atom. The third kappa shape index (κ3) is 9.56. The van der Waals surface area contributed by atoms with Crippen molar-refractivity contribution in [2.24, 2.45) is 11.8 Å². The van der Waals surface area contributed by atoms with Gasteiger partial charge in [0, 0.05) is 56.4 Å². The van der Waals surface area contributed by atoms with Crippen LogP contribution in [0.3, 0.4) is 0 Å². The van der Waals surface area contributed by atoms with E-state index in [0.717, 1.165) is 56.9 Å². The molecule has 2 aliphatic rings. The molecule has 198 valence electrons. The van der Waals surface area contributed by atoms with Crippen molar-refractivity contribution in [1.82, 2.24) is 15.5 Å². The minimum atomic E-state index is -0.0822. The number of urea groups is 1. The maximum atomic E-state index is 13.3. The van der Waals surface area contributed by atoms with Crippen molar-refractivity contribution in [3.8, 4) is 0 Å². The van der Waals surface area contributed by atoms with E-state index in [1.54, 1.807) is 0 Å². The quantitative estimate of drug-likeness (QED) is 0.331. The van der Waals surface area contributed by atoms with E-state index in [4.69, 9.17) is 21.1 Å². The molecule has 3 rings (SSSR count). The van der Waals surface area contributed by atoms with Crippen molar-refractivity contribution in [3.05, 3.63) is 34.9 Å². The van der Waals surface area contributed by atoms with Crippen molar-refractivity contribution >= 4 is 17.6 Å². The Hall–Kier alpha value is -1.34. The predicted octanol–water partition coefficient (Wildman–Crippen LogP) is 5.80. The van der Waals surface area contributed by atoms with Crippen LogP contribution in [-0.4, -0.2) is 63.5 Å². The largest absolute Gasteiger partial charge is 0.382 e. The standard InChI is InChI=1S/C28H46ClN3O3/c1-3-34-16-9-17-35-27(23-12-7-14-25(29)19-23)24-13-8-15-32(21-24)28(33)31-26(20-30-2)18-22-10-5-4-6-11-22/h7,12,14,19,22,24,26-27,30H,3-6,8-11,13,15-18,20-21H2,1-2H3,(H,31,33)/t24-,26?,27+/m1/s1. The first-order chi connectivity index (χ1) is 17.1. The van der Waals surface area contributed by atoms with Gasteiger partial charge in [-0.3, -0.25) is 0 Å². The summed E-state index contributed by atoms with van der Waals surface area (Å²) in [5, 5.41) is 7.35. The molecule has 1 aliphatic heterocycles. The van der Waals surface area contributed by atoms with Crippen LogP contribution in [-0.2, 0) is 9.47 Å². The van der Waals surface area contributed by atoms with Gasteiger partial charge in [0.05, 0.1) is 6.10 Å². The minimum Gasteiger partial charge on any atom is -0.382 e. The first-order valence-electron chi connectivity index (χ1n) is 13.8. The van der Waals surface area contributed by atoms with Gasteiger partial charge in [0.1, 0.15) is 0 Å². The fourth-order valence-corrected chi connectivity index (χ4v) is 5.87. The van der Waals surface area contributed by atoms with Crippen molar-refractivity contribution < 1.29 is 14.3 Å². The Morgan fingerprint density at radius 2 is 2.00 bits per heavy atom. The van der Waals surface area contributed by atoms with E-state index in [1.807, 2.05) is 37.1 Å². The summed E-state index contributed by atoms with van der Waals surface area (Å²) in [6, 6.07) is 8.20. The second-order valence-electron chi connectivity index (χ2n) is 10.2. The van der Waals surface area contributed by atoms with Gasteiger partial charge in [0.25, 0.3) is 0 Å². The van der Waals surface area contributed by atoms with E-state index >= 15 is 0 Å². The van der Waals surface area contributed by atoms with Gasteiger partial charge >= 0.3 is 6.03 Å². The van der Waals surface area contributed by atoms with Crippen molar-refractivity contribution in [2.75, 3.05) is 46.5 Å². The molecule has 35 heavy (non-hydrogen) atoms. The van der Waals surface area contributed by atoms with Crippen LogP contribution < -0.4 is 10.6 Å². The molecule has 2 N–H and O–H groups in total. The summed E-state index contributed by atoms with van der Waals surface area (Å²) in [5.74, 6) is 0.968. The number of piperidine rings is 1.